The number of amides is 1. The van der Waals surface area contributed by atoms with Crippen LogP contribution in [-0.4, -0.2) is 15.5 Å². The molecule has 142 valence electrons. The number of aryl methyl sites for hydroxylation is 2. The molecule has 2 N–H and O–H groups in total. The molecule has 1 amide bonds. The van der Waals surface area contributed by atoms with Crippen molar-refractivity contribution in [3.63, 3.8) is 0 Å². The molecule has 27 heavy (non-hydrogen) atoms. The summed E-state index contributed by atoms with van der Waals surface area (Å²) in [6.07, 6.45) is 1.88. The Hall–Kier alpha value is -2.18. The number of carbonyl (C=O) groups is 1. The Bertz CT molecular complexity index is 1050. The molecule has 7 heteroatoms. The minimum Gasteiger partial charge on any atom is -0.368 e. The quantitative estimate of drug-likeness (QED) is 0.659. The normalized spacial score (nSPS) is 12.4. The Balaban J connectivity index is 2.38. The van der Waals surface area contributed by atoms with Gasteiger partial charge in [0.25, 0.3) is 5.56 Å². The number of primary amides is 1. The van der Waals surface area contributed by atoms with E-state index < -0.39 is 11.9 Å². The number of nitrogens with two attached hydrogens (primary N) is 1. The van der Waals surface area contributed by atoms with Crippen molar-refractivity contribution in [1.82, 2.24) is 9.55 Å². The lowest BCUT2D eigenvalue weighted by Gasteiger charge is -2.19. The van der Waals surface area contributed by atoms with Crippen LogP contribution in [0.3, 0.4) is 0 Å². The summed E-state index contributed by atoms with van der Waals surface area (Å²) in [7, 11) is 0. The summed E-state index contributed by atoms with van der Waals surface area (Å²) < 4.78 is 1.50. The third-order valence-electron chi connectivity index (χ3n) is 4.64. The average molecular weight is 404 g/mol. The number of benzene rings is 1. The summed E-state index contributed by atoms with van der Waals surface area (Å²) in [4.78, 5) is 31.9. The molecule has 0 aliphatic heterocycles. The highest BCUT2D eigenvalue weighted by Crippen LogP contribution is 2.36. The van der Waals surface area contributed by atoms with Gasteiger partial charge in [0, 0.05) is 21.9 Å². The van der Waals surface area contributed by atoms with E-state index in [0.717, 1.165) is 22.4 Å². The zero-order chi connectivity index (χ0) is 19.7. The van der Waals surface area contributed by atoms with E-state index in [-0.39, 0.29) is 5.56 Å². The number of thiophene rings is 1. The maximum Gasteiger partial charge on any atom is 0.263 e. The number of aromatic nitrogens is 2. The molecular formula is C20H22ClN3O2S. The van der Waals surface area contributed by atoms with E-state index in [0.29, 0.717) is 33.9 Å². The number of hydrogen-bond acceptors (Lipinski definition) is 4. The standard InChI is InChI=1S/C20H22ClN3O2S/c1-4-6-15-23-19-17(20(26)24(15)14(5-2)18(22)25)16(11(3)27-19)12-7-9-13(21)10-8-12/h7-10,14H,4-6H2,1-3H3,(H2,22,25). The summed E-state index contributed by atoms with van der Waals surface area (Å²) in [5.41, 5.74) is 7.14. The predicted octanol–water partition coefficient (Wildman–Crippen LogP) is 4.48. The first kappa shape index (κ1) is 19.6. The van der Waals surface area contributed by atoms with E-state index in [9.17, 15) is 9.59 Å². The lowest BCUT2D eigenvalue weighted by Crippen LogP contribution is -2.36. The SMILES string of the molecule is CCCc1nc2sc(C)c(-c3ccc(Cl)cc3)c2c(=O)n1C(CC)C(N)=O. The molecule has 1 atom stereocenters. The fourth-order valence-corrected chi connectivity index (χ4v) is 4.59. The van der Waals surface area contributed by atoms with Crippen molar-refractivity contribution in [2.75, 3.05) is 0 Å². The zero-order valence-electron chi connectivity index (χ0n) is 15.6. The van der Waals surface area contributed by atoms with Gasteiger partial charge in [0.05, 0.1) is 5.39 Å². The van der Waals surface area contributed by atoms with Crippen LogP contribution in [0.25, 0.3) is 21.3 Å². The molecule has 0 aliphatic rings. The van der Waals surface area contributed by atoms with Gasteiger partial charge in [0.15, 0.2) is 0 Å². The highest BCUT2D eigenvalue weighted by molar-refractivity contribution is 7.19. The van der Waals surface area contributed by atoms with Crippen LogP contribution in [0.4, 0.5) is 0 Å². The monoisotopic (exact) mass is 403 g/mol. The minimum absolute atomic E-state index is 0.205. The fraction of sp³-hybridized carbons (Fsp3) is 0.350. The molecule has 0 bridgehead atoms. The number of carbonyl (C=O) groups excluding carboxylic acids is 1. The number of halogens is 1. The second-order valence-corrected chi connectivity index (χ2v) is 8.14. The Labute approximate surface area is 166 Å². The van der Waals surface area contributed by atoms with E-state index in [4.69, 9.17) is 22.3 Å². The molecule has 2 aromatic heterocycles. The molecule has 2 heterocycles. The summed E-state index contributed by atoms with van der Waals surface area (Å²) >= 11 is 7.51. The molecule has 5 nitrogen and oxygen atoms in total. The van der Waals surface area contributed by atoms with Gasteiger partial charge in [-0.2, -0.15) is 0 Å². The zero-order valence-corrected chi connectivity index (χ0v) is 17.2. The number of nitrogens with zero attached hydrogens (tertiary/aromatic N) is 2. The summed E-state index contributed by atoms with van der Waals surface area (Å²) in [5, 5.41) is 1.18. The van der Waals surface area contributed by atoms with Crippen molar-refractivity contribution in [3.8, 4) is 11.1 Å². The summed E-state index contributed by atoms with van der Waals surface area (Å²) in [5.74, 6) is 0.0997. The first-order valence-electron chi connectivity index (χ1n) is 8.98. The second kappa shape index (κ2) is 7.82. The van der Waals surface area contributed by atoms with Crippen LogP contribution in [0.15, 0.2) is 29.1 Å². The molecule has 0 spiro atoms. The molecule has 1 aromatic carbocycles. The highest BCUT2D eigenvalue weighted by Gasteiger charge is 2.25. The van der Waals surface area contributed by atoms with Gasteiger partial charge in [0.2, 0.25) is 5.91 Å². The van der Waals surface area contributed by atoms with Gasteiger partial charge in [-0.1, -0.05) is 37.6 Å². The van der Waals surface area contributed by atoms with Crippen LogP contribution < -0.4 is 11.3 Å². The van der Waals surface area contributed by atoms with Gasteiger partial charge >= 0.3 is 0 Å². The van der Waals surface area contributed by atoms with E-state index >= 15 is 0 Å². The lowest BCUT2D eigenvalue weighted by molar-refractivity contribution is -0.121. The van der Waals surface area contributed by atoms with E-state index in [1.165, 1.54) is 15.9 Å². The van der Waals surface area contributed by atoms with Crippen molar-refractivity contribution < 1.29 is 4.79 Å². The van der Waals surface area contributed by atoms with Crippen LogP contribution in [0.2, 0.25) is 5.02 Å². The van der Waals surface area contributed by atoms with Crippen molar-refractivity contribution in [3.05, 3.63) is 50.3 Å². The van der Waals surface area contributed by atoms with Gasteiger partial charge in [-0.15, -0.1) is 11.3 Å². The Kier molecular flexibility index (Phi) is 5.67. The number of hydrogen-bond donors (Lipinski definition) is 1. The molecule has 0 aliphatic carbocycles. The van der Waals surface area contributed by atoms with Crippen LogP contribution >= 0.6 is 22.9 Å². The largest absolute Gasteiger partial charge is 0.368 e. The van der Waals surface area contributed by atoms with Gasteiger partial charge in [-0.3, -0.25) is 14.2 Å². The number of rotatable bonds is 6. The molecule has 0 radical (unpaired) electrons. The Morgan fingerprint density at radius 1 is 1.30 bits per heavy atom. The van der Waals surface area contributed by atoms with Crippen LogP contribution in [-0.2, 0) is 11.2 Å². The summed E-state index contributed by atoms with van der Waals surface area (Å²) in [6.45, 7) is 5.84. The smallest absolute Gasteiger partial charge is 0.263 e. The Morgan fingerprint density at radius 3 is 2.52 bits per heavy atom. The molecule has 0 fully saturated rings. The van der Waals surface area contributed by atoms with Crippen molar-refractivity contribution in [2.24, 2.45) is 5.73 Å². The topological polar surface area (TPSA) is 78.0 Å². The second-order valence-electron chi connectivity index (χ2n) is 6.50. The predicted molar refractivity (Wildman–Crippen MR) is 112 cm³/mol. The molecule has 3 rings (SSSR count). The van der Waals surface area contributed by atoms with Gasteiger partial charge in [-0.05, 0) is 37.5 Å². The van der Waals surface area contributed by atoms with Crippen LogP contribution in [0, 0.1) is 6.92 Å². The number of fused-ring (bicyclic) bond motifs is 1. The van der Waals surface area contributed by atoms with Gasteiger partial charge < -0.3 is 5.73 Å². The molecular weight excluding hydrogens is 382 g/mol. The summed E-state index contributed by atoms with van der Waals surface area (Å²) in [6, 6.07) is 6.69. The van der Waals surface area contributed by atoms with Gasteiger partial charge in [0.1, 0.15) is 16.7 Å². The minimum atomic E-state index is -0.700. The fourth-order valence-electron chi connectivity index (χ4n) is 3.41. The molecule has 0 saturated carbocycles. The maximum atomic E-state index is 13.5. The van der Waals surface area contributed by atoms with Crippen LogP contribution in [0.5, 0.6) is 0 Å². The van der Waals surface area contributed by atoms with Crippen molar-refractivity contribution >= 4 is 39.1 Å². The molecule has 1 unspecified atom stereocenters. The molecule has 3 aromatic rings. The third kappa shape index (κ3) is 3.51. The van der Waals surface area contributed by atoms with Crippen molar-refractivity contribution in [1.29, 1.82) is 0 Å². The lowest BCUT2D eigenvalue weighted by atomic mass is 10.0. The van der Waals surface area contributed by atoms with Gasteiger partial charge in [-0.25, -0.2) is 4.98 Å². The van der Waals surface area contributed by atoms with E-state index in [2.05, 4.69) is 0 Å². The highest BCUT2D eigenvalue weighted by atomic mass is 35.5. The third-order valence-corrected chi connectivity index (χ3v) is 5.89. The first-order chi connectivity index (χ1) is 12.9. The van der Waals surface area contributed by atoms with Crippen LogP contribution in [0.1, 0.15) is 43.4 Å². The maximum absolute atomic E-state index is 13.5. The first-order valence-corrected chi connectivity index (χ1v) is 10.2. The van der Waals surface area contributed by atoms with E-state index in [1.807, 2.05) is 32.9 Å². The Morgan fingerprint density at radius 2 is 1.96 bits per heavy atom. The average Bonchev–Trinajstić information content (AvgIpc) is 2.95. The van der Waals surface area contributed by atoms with Crippen molar-refractivity contribution in [2.45, 2.75) is 46.1 Å². The molecule has 0 saturated heterocycles. The van der Waals surface area contributed by atoms with E-state index in [1.54, 1.807) is 12.1 Å².